The molecule has 7 heteroatoms. The van der Waals surface area contributed by atoms with Crippen molar-refractivity contribution in [2.24, 2.45) is 5.41 Å². The Balaban J connectivity index is 1.51. The van der Waals surface area contributed by atoms with E-state index in [1.165, 1.54) is 0 Å². The highest BCUT2D eigenvalue weighted by molar-refractivity contribution is 5.80. The Morgan fingerprint density at radius 1 is 1.31 bits per heavy atom. The fourth-order valence-corrected chi connectivity index (χ4v) is 4.16. The second-order valence-electron chi connectivity index (χ2n) is 7.72. The van der Waals surface area contributed by atoms with Crippen LogP contribution in [0.1, 0.15) is 45.4 Å². The first-order chi connectivity index (χ1) is 12.5. The molecule has 2 aliphatic heterocycles. The van der Waals surface area contributed by atoms with Gasteiger partial charge in [0.2, 0.25) is 5.91 Å². The highest BCUT2D eigenvalue weighted by atomic mass is 16.3. The smallest absolute Gasteiger partial charge is 0.251 e. The van der Waals surface area contributed by atoms with Gasteiger partial charge in [-0.1, -0.05) is 6.92 Å². The number of carbonyl (C=O) groups excluding carboxylic acids is 2. The predicted octanol–water partition coefficient (Wildman–Crippen LogP) is 1.28. The average molecular weight is 362 g/mol. The molecule has 3 heterocycles. The van der Waals surface area contributed by atoms with Crippen LogP contribution < -0.4 is 0 Å². The lowest BCUT2D eigenvalue weighted by Gasteiger charge is -2.47. The highest BCUT2D eigenvalue weighted by Gasteiger charge is 2.41. The lowest BCUT2D eigenvalue weighted by Crippen LogP contribution is -2.53. The SMILES string of the molecule is CCC(O)C(=O)N1CCC2(CCC(=O)N(CCCn3ccnc3)C2)CC1. The molecule has 2 fully saturated rings. The second kappa shape index (κ2) is 8.20. The maximum Gasteiger partial charge on any atom is 0.251 e. The molecule has 0 radical (unpaired) electrons. The molecule has 1 spiro atoms. The minimum absolute atomic E-state index is 0.136. The van der Waals surface area contributed by atoms with E-state index >= 15 is 0 Å². The van der Waals surface area contributed by atoms with E-state index in [1.54, 1.807) is 17.4 Å². The summed E-state index contributed by atoms with van der Waals surface area (Å²) in [5.41, 5.74) is 0.136. The molecule has 1 N–H and O–H groups in total. The molecule has 2 saturated heterocycles. The number of aliphatic hydroxyl groups excluding tert-OH is 1. The number of piperidine rings is 2. The third kappa shape index (κ3) is 4.26. The molecular weight excluding hydrogens is 332 g/mol. The van der Waals surface area contributed by atoms with Gasteiger partial charge in [-0.2, -0.15) is 0 Å². The van der Waals surface area contributed by atoms with Crippen LogP contribution >= 0.6 is 0 Å². The maximum atomic E-state index is 12.3. The van der Waals surface area contributed by atoms with Gasteiger partial charge in [-0.25, -0.2) is 4.98 Å². The lowest BCUT2D eigenvalue weighted by molar-refractivity contribution is -0.147. The van der Waals surface area contributed by atoms with Gasteiger partial charge in [0.05, 0.1) is 6.33 Å². The molecule has 0 aromatic carbocycles. The van der Waals surface area contributed by atoms with Crippen LogP contribution in [0.25, 0.3) is 0 Å². The Hall–Kier alpha value is -1.89. The van der Waals surface area contributed by atoms with Gasteiger partial charge in [0.1, 0.15) is 6.10 Å². The molecule has 1 aromatic rings. The third-order valence-corrected chi connectivity index (χ3v) is 5.96. The Morgan fingerprint density at radius 3 is 2.73 bits per heavy atom. The second-order valence-corrected chi connectivity index (χ2v) is 7.72. The Bertz CT molecular complexity index is 608. The molecule has 0 aliphatic carbocycles. The molecule has 0 saturated carbocycles. The number of aryl methyl sites for hydroxylation is 1. The first-order valence-electron chi connectivity index (χ1n) is 9.73. The van der Waals surface area contributed by atoms with E-state index in [4.69, 9.17) is 0 Å². The monoisotopic (exact) mass is 362 g/mol. The Kier molecular flexibility index (Phi) is 5.96. The summed E-state index contributed by atoms with van der Waals surface area (Å²) in [6.45, 7) is 5.64. The Morgan fingerprint density at radius 2 is 2.08 bits per heavy atom. The molecule has 1 atom stereocenters. The molecule has 3 rings (SSSR count). The van der Waals surface area contributed by atoms with E-state index in [0.29, 0.717) is 25.9 Å². The van der Waals surface area contributed by atoms with Gasteiger partial charge in [-0.3, -0.25) is 9.59 Å². The minimum Gasteiger partial charge on any atom is -0.383 e. The van der Waals surface area contributed by atoms with Gasteiger partial charge >= 0.3 is 0 Å². The number of imidazole rings is 1. The summed E-state index contributed by atoms with van der Waals surface area (Å²) in [5, 5.41) is 9.78. The van der Waals surface area contributed by atoms with Crippen molar-refractivity contribution in [2.45, 2.75) is 58.1 Å². The summed E-state index contributed by atoms with van der Waals surface area (Å²) >= 11 is 0. The largest absolute Gasteiger partial charge is 0.383 e. The molecule has 2 aliphatic rings. The normalized spacial score (nSPS) is 21.2. The lowest BCUT2D eigenvalue weighted by atomic mass is 9.72. The molecule has 144 valence electrons. The number of aliphatic hydroxyl groups is 1. The number of hydrogen-bond acceptors (Lipinski definition) is 4. The van der Waals surface area contributed by atoms with E-state index in [1.807, 2.05) is 22.6 Å². The first-order valence-corrected chi connectivity index (χ1v) is 9.73. The van der Waals surface area contributed by atoms with Crippen LogP contribution in [0.5, 0.6) is 0 Å². The summed E-state index contributed by atoms with van der Waals surface area (Å²) in [6.07, 6.45) is 9.38. The van der Waals surface area contributed by atoms with Crippen LogP contribution in [-0.4, -0.2) is 68.6 Å². The number of rotatable bonds is 6. The topological polar surface area (TPSA) is 78.7 Å². The molecular formula is C19H30N4O3. The van der Waals surface area contributed by atoms with E-state index in [-0.39, 0.29) is 17.2 Å². The van der Waals surface area contributed by atoms with Crippen LogP contribution in [0.2, 0.25) is 0 Å². The molecule has 26 heavy (non-hydrogen) atoms. The summed E-state index contributed by atoms with van der Waals surface area (Å²) in [5.74, 6) is 0.104. The summed E-state index contributed by atoms with van der Waals surface area (Å²) in [4.78, 5) is 32.3. The number of hydrogen-bond donors (Lipinski definition) is 1. The number of aromatic nitrogens is 2. The van der Waals surface area contributed by atoms with E-state index in [0.717, 1.165) is 45.3 Å². The molecule has 7 nitrogen and oxygen atoms in total. The van der Waals surface area contributed by atoms with Crippen molar-refractivity contribution in [3.05, 3.63) is 18.7 Å². The quantitative estimate of drug-likeness (QED) is 0.827. The summed E-state index contributed by atoms with van der Waals surface area (Å²) in [7, 11) is 0. The standard InChI is InChI=1S/C19H30N4O3/c1-2-16(24)18(26)22-11-6-19(7-12-22)5-4-17(25)23(14-19)10-3-9-21-13-8-20-15-21/h8,13,15-16,24H,2-7,9-12,14H2,1H3. The van der Waals surface area contributed by atoms with Crippen molar-refractivity contribution in [2.75, 3.05) is 26.2 Å². The molecule has 0 bridgehead atoms. The van der Waals surface area contributed by atoms with Crippen LogP contribution in [-0.2, 0) is 16.1 Å². The zero-order valence-corrected chi connectivity index (χ0v) is 15.6. The molecule has 1 unspecified atom stereocenters. The van der Waals surface area contributed by atoms with Gasteiger partial charge < -0.3 is 19.5 Å². The number of carbonyl (C=O) groups is 2. The fraction of sp³-hybridized carbons (Fsp3) is 0.737. The molecule has 1 aromatic heterocycles. The van der Waals surface area contributed by atoms with Crippen molar-refractivity contribution >= 4 is 11.8 Å². The van der Waals surface area contributed by atoms with Crippen molar-refractivity contribution < 1.29 is 14.7 Å². The van der Waals surface area contributed by atoms with Crippen LogP contribution in [0.4, 0.5) is 0 Å². The molecule has 2 amide bonds. The van der Waals surface area contributed by atoms with Gasteiger partial charge in [0, 0.05) is 51.5 Å². The predicted molar refractivity (Wildman–Crippen MR) is 97.2 cm³/mol. The van der Waals surface area contributed by atoms with E-state index in [2.05, 4.69) is 4.98 Å². The summed E-state index contributed by atoms with van der Waals surface area (Å²) < 4.78 is 2.04. The van der Waals surface area contributed by atoms with Crippen molar-refractivity contribution in [3.8, 4) is 0 Å². The van der Waals surface area contributed by atoms with Crippen molar-refractivity contribution in [1.29, 1.82) is 0 Å². The minimum atomic E-state index is -0.878. The summed E-state index contributed by atoms with van der Waals surface area (Å²) in [6, 6.07) is 0. The van der Waals surface area contributed by atoms with Gasteiger partial charge in [-0.05, 0) is 37.5 Å². The zero-order valence-electron chi connectivity index (χ0n) is 15.6. The van der Waals surface area contributed by atoms with Gasteiger partial charge in [-0.15, -0.1) is 0 Å². The van der Waals surface area contributed by atoms with Crippen molar-refractivity contribution in [3.63, 3.8) is 0 Å². The first kappa shape index (κ1) is 18.9. The number of nitrogens with zero attached hydrogens (tertiary/aromatic N) is 4. The fourth-order valence-electron chi connectivity index (χ4n) is 4.16. The van der Waals surface area contributed by atoms with Crippen LogP contribution in [0.15, 0.2) is 18.7 Å². The zero-order chi connectivity index (χ0) is 18.6. The Labute approximate surface area is 155 Å². The van der Waals surface area contributed by atoms with Gasteiger partial charge in [0.25, 0.3) is 5.91 Å². The third-order valence-electron chi connectivity index (χ3n) is 5.96. The number of likely N-dealkylation sites (tertiary alicyclic amines) is 2. The van der Waals surface area contributed by atoms with Crippen LogP contribution in [0, 0.1) is 5.41 Å². The van der Waals surface area contributed by atoms with Crippen molar-refractivity contribution in [1.82, 2.24) is 19.4 Å². The van der Waals surface area contributed by atoms with Gasteiger partial charge in [0.15, 0.2) is 0 Å². The highest BCUT2D eigenvalue weighted by Crippen LogP contribution is 2.40. The van der Waals surface area contributed by atoms with Crippen LogP contribution in [0.3, 0.4) is 0 Å². The van der Waals surface area contributed by atoms with E-state index in [9.17, 15) is 14.7 Å². The number of amides is 2. The average Bonchev–Trinajstić information content (AvgIpc) is 3.17. The van der Waals surface area contributed by atoms with E-state index < -0.39 is 6.10 Å². The maximum absolute atomic E-state index is 12.3.